The molecule has 0 aromatic heterocycles. The Hall–Kier alpha value is -4.16. The molecule has 66 heavy (non-hydrogen) atoms. The molecule has 0 radical (unpaired) electrons. The second-order valence-electron chi connectivity index (χ2n) is 21.1. The minimum absolute atomic E-state index is 0.0221. The van der Waals surface area contributed by atoms with Gasteiger partial charge in [0.15, 0.2) is 0 Å². The van der Waals surface area contributed by atoms with Crippen LogP contribution in [0.3, 0.4) is 0 Å². The molecular formula is C56H86N2O8. The minimum atomic E-state index is -0.915. The van der Waals surface area contributed by atoms with Crippen LogP contribution < -0.4 is 30.0 Å². The average Bonchev–Trinajstić information content (AvgIpc) is 3.26. The molecule has 368 valence electrons. The fourth-order valence-corrected chi connectivity index (χ4v) is 7.46. The molecule has 6 N–H and O–H groups in total. The highest BCUT2D eigenvalue weighted by Crippen LogP contribution is 2.34. The van der Waals surface area contributed by atoms with Crippen molar-refractivity contribution in [2.24, 2.45) is 11.1 Å². The van der Waals surface area contributed by atoms with Crippen molar-refractivity contribution in [2.75, 3.05) is 26.4 Å². The quantitative estimate of drug-likeness (QED) is 0.0461. The van der Waals surface area contributed by atoms with Crippen molar-refractivity contribution in [1.82, 2.24) is 5.32 Å². The molecular weight excluding hydrogens is 829 g/mol. The lowest BCUT2D eigenvalue weighted by molar-refractivity contribution is -0.0492. The molecule has 0 bridgehead atoms. The third-order valence-electron chi connectivity index (χ3n) is 12.3. The standard InChI is InChI=1S/C54H80N2O8.C2H6/c1-36(55)32-63-51(7,8)31-37(2)56-53(11,12)48(58)34-61-44-27-19-41(20-28-44)52(9,10)42-21-29-45(30-22-42)62-35-49(59)54(13,14)64-46-25-17-40(18-26-46)38(3)39-15-23-43(24-16-39)60-33-47(57)50(4,5)6;1-2/h15-30,36-38,47-49,56-59H,31-35,55H2,1-14H3;1-2H3. The lowest BCUT2D eigenvalue weighted by Gasteiger charge is -2.37. The molecule has 0 heterocycles. The first-order valence-electron chi connectivity index (χ1n) is 23.9. The molecule has 0 spiro atoms. The summed E-state index contributed by atoms with van der Waals surface area (Å²) in [4.78, 5) is 0. The van der Waals surface area contributed by atoms with Gasteiger partial charge in [-0.25, -0.2) is 0 Å². The highest BCUT2D eigenvalue weighted by atomic mass is 16.5. The predicted molar refractivity (Wildman–Crippen MR) is 270 cm³/mol. The topological polar surface area (TPSA) is 145 Å². The number of aliphatic hydroxyl groups excluding tert-OH is 3. The first-order chi connectivity index (χ1) is 30.7. The first-order valence-corrected chi connectivity index (χ1v) is 23.9. The lowest BCUT2D eigenvalue weighted by Crippen LogP contribution is -2.56. The van der Waals surface area contributed by atoms with Crippen LogP contribution in [0.4, 0.5) is 0 Å². The van der Waals surface area contributed by atoms with Gasteiger partial charge in [-0.3, -0.25) is 0 Å². The van der Waals surface area contributed by atoms with Crippen LogP contribution in [0.25, 0.3) is 0 Å². The van der Waals surface area contributed by atoms with E-state index in [0.29, 0.717) is 23.9 Å². The van der Waals surface area contributed by atoms with Crippen LogP contribution >= 0.6 is 0 Å². The van der Waals surface area contributed by atoms with Gasteiger partial charge in [-0.1, -0.05) is 104 Å². The first kappa shape index (κ1) is 56.2. The van der Waals surface area contributed by atoms with Gasteiger partial charge >= 0.3 is 0 Å². The molecule has 0 amide bonds. The fraction of sp³-hybridized carbons (Fsp3) is 0.571. The maximum absolute atomic E-state index is 11.2. The van der Waals surface area contributed by atoms with Gasteiger partial charge in [0.25, 0.3) is 0 Å². The van der Waals surface area contributed by atoms with Crippen LogP contribution in [0.15, 0.2) is 97.1 Å². The van der Waals surface area contributed by atoms with Gasteiger partial charge in [0.1, 0.15) is 60.6 Å². The molecule has 0 aliphatic heterocycles. The largest absolute Gasteiger partial charge is 0.491 e. The Labute approximate surface area is 398 Å². The highest BCUT2D eigenvalue weighted by Gasteiger charge is 2.33. The molecule has 0 saturated carbocycles. The molecule has 10 heteroatoms. The number of aliphatic hydroxyl groups is 3. The number of rotatable bonds is 24. The van der Waals surface area contributed by atoms with Crippen LogP contribution in [0.2, 0.25) is 0 Å². The summed E-state index contributed by atoms with van der Waals surface area (Å²) in [6.07, 6.45) is -1.43. The van der Waals surface area contributed by atoms with Gasteiger partial charge in [-0.2, -0.15) is 0 Å². The van der Waals surface area contributed by atoms with Crippen molar-refractivity contribution < 1.29 is 39.0 Å². The molecule has 4 rings (SSSR count). The zero-order valence-electron chi connectivity index (χ0n) is 43.2. The molecule has 4 aromatic rings. The van der Waals surface area contributed by atoms with E-state index in [2.05, 4.69) is 83.3 Å². The molecule has 0 fully saturated rings. The molecule has 6 atom stereocenters. The second-order valence-corrected chi connectivity index (χ2v) is 21.1. The number of benzene rings is 4. The SMILES string of the molecule is CC.CC(N)COC(C)(C)CC(C)NC(C)(C)C(O)COc1ccc(C(C)(C)c2ccc(OCC(O)C(C)(C)Oc3ccc(C(C)c4ccc(OCC(O)C(C)(C)C)cc4)cc3)cc2)cc1. The number of nitrogens with one attached hydrogen (secondary N) is 1. The van der Waals surface area contributed by atoms with Crippen molar-refractivity contribution >= 4 is 0 Å². The Morgan fingerprint density at radius 1 is 0.515 bits per heavy atom. The van der Waals surface area contributed by atoms with Crippen LogP contribution in [-0.4, -0.2) is 88.9 Å². The maximum atomic E-state index is 11.2. The Bertz CT molecular complexity index is 1990. The summed E-state index contributed by atoms with van der Waals surface area (Å²) in [5, 5.41) is 36.1. The van der Waals surface area contributed by atoms with Crippen LogP contribution in [0.5, 0.6) is 23.0 Å². The highest BCUT2D eigenvalue weighted by molar-refractivity contribution is 5.42. The van der Waals surface area contributed by atoms with Crippen molar-refractivity contribution in [1.29, 1.82) is 0 Å². The number of hydrogen-bond acceptors (Lipinski definition) is 10. The molecule has 6 unspecified atom stereocenters. The number of ether oxygens (including phenoxy) is 5. The minimum Gasteiger partial charge on any atom is -0.491 e. The fourth-order valence-electron chi connectivity index (χ4n) is 7.46. The summed E-state index contributed by atoms with van der Waals surface area (Å²) < 4.78 is 30.2. The zero-order chi connectivity index (χ0) is 49.7. The van der Waals surface area contributed by atoms with E-state index in [1.165, 1.54) is 0 Å². The average molecular weight is 915 g/mol. The predicted octanol–water partition coefficient (Wildman–Crippen LogP) is 10.6. The maximum Gasteiger partial charge on any atom is 0.132 e. The Morgan fingerprint density at radius 2 is 0.894 bits per heavy atom. The molecule has 0 saturated heterocycles. The van der Waals surface area contributed by atoms with Crippen molar-refractivity contribution in [3.63, 3.8) is 0 Å². The van der Waals surface area contributed by atoms with Crippen LogP contribution in [-0.2, 0) is 10.2 Å². The van der Waals surface area contributed by atoms with Crippen molar-refractivity contribution in [2.45, 2.75) is 176 Å². The Morgan fingerprint density at radius 3 is 1.30 bits per heavy atom. The summed E-state index contributed by atoms with van der Waals surface area (Å²) in [6.45, 7) is 33.3. The smallest absolute Gasteiger partial charge is 0.132 e. The summed E-state index contributed by atoms with van der Waals surface area (Å²) in [5.41, 5.74) is 7.99. The van der Waals surface area contributed by atoms with Crippen molar-refractivity contribution in [3.05, 3.63) is 119 Å². The van der Waals surface area contributed by atoms with Crippen LogP contribution in [0, 0.1) is 5.41 Å². The third-order valence-corrected chi connectivity index (χ3v) is 12.3. The zero-order valence-corrected chi connectivity index (χ0v) is 43.2. The van der Waals surface area contributed by atoms with Crippen molar-refractivity contribution in [3.8, 4) is 23.0 Å². The molecule has 10 nitrogen and oxygen atoms in total. The second kappa shape index (κ2) is 24.2. The number of hydrogen-bond donors (Lipinski definition) is 5. The molecule has 0 aliphatic carbocycles. The Kier molecular flexibility index (Phi) is 20.6. The van der Waals surface area contributed by atoms with Gasteiger partial charge < -0.3 is 50.1 Å². The third kappa shape index (κ3) is 17.2. The summed E-state index contributed by atoms with van der Waals surface area (Å²) in [7, 11) is 0. The van der Waals surface area contributed by atoms with Gasteiger partial charge in [0.2, 0.25) is 0 Å². The summed E-state index contributed by atoms with van der Waals surface area (Å²) >= 11 is 0. The van der Waals surface area contributed by atoms with Gasteiger partial charge in [0.05, 0.1) is 18.3 Å². The normalized spacial score (nSPS) is 15.3. The van der Waals surface area contributed by atoms with E-state index in [9.17, 15) is 15.3 Å². The number of nitrogens with two attached hydrogens (primary N) is 1. The van der Waals surface area contributed by atoms with Gasteiger partial charge in [-0.15, -0.1) is 0 Å². The monoisotopic (exact) mass is 915 g/mol. The summed E-state index contributed by atoms with van der Waals surface area (Å²) in [6, 6.07) is 32.0. The van der Waals surface area contributed by atoms with E-state index >= 15 is 0 Å². The van der Waals surface area contributed by atoms with E-state index in [-0.39, 0.29) is 54.3 Å². The van der Waals surface area contributed by atoms with Crippen LogP contribution in [0.1, 0.15) is 145 Å². The van der Waals surface area contributed by atoms with Gasteiger partial charge in [0, 0.05) is 29.0 Å². The van der Waals surface area contributed by atoms with E-state index in [4.69, 9.17) is 29.4 Å². The molecule has 0 aliphatic rings. The van der Waals surface area contributed by atoms with E-state index in [1.54, 1.807) is 0 Å². The van der Waals surface area contributed by atoms with E-state index in [1.807, 2.05) is 130 Å². The lowest BCUT2D eigenvalue weighted by atomic mass is 9.78. The van der Waals surface area contributed by atoms with E-state index < -0.39 is 29.5 Å². The Balaban J connectivity index is 0.00000570. The summed E-state index contributed by atoms with van der Waals surface area (Å²) in [5.74, 6) is 2.88. The van der Waals surface area contributed by atoms with E-state index in [0.717, 1.165) is 34.4 Å². The van der Waals surface area contributed by atoms with Gasteiger partial charge in [-0.05, 0) is 138 Å². The molecule has 4 aromatic carbocycles.